The molecule has 12 nitrogen and oxygen atoms in total. The van der Waals surface area contributed by atoms with Crippen LogP contribution in [0.25, 0.3) is 0 Å². The fourth-order valence-corrected chi connectivity index (χ4v) is 6.68. The smallest absolute Gasteiger partial charge is 0.129 e. The number of rotatable bonds is 47. The van der Waals surface area contributed by atoms with Gasteiger partial charge in [0.05, 0.1) is 31.5 Å². The number of nitrogens with zero attached hydrogens (tertiary/aromatic N) is 3. The van der Waals surface area contributed by atoms with Gasteiger partial charge >= 0.3 is 0 Å². The lowest BCUT2D eigenvalue weighted by Crippen LogP contribution is -2.37. The van der Waals surface area contributed by atoms with E-state index in [0.29, 0.717) is 41.4 Å². The lowest BCUT2D eigenvalue weighted by Gasteiger charge is -2.35. The molecule has 356 valence electrons. The highest BCUT2D eigenvalue weighted by atomic mass is 16.9. The van der Waals surface area contributed by atoms with E-state index in [1.807, 2.05) is 0 Å². The van der Waals surface area contributed by atoms with Crippen molar-refractivity contribution >= 4 is 0 Å². The molecule has 0 aromatic carbocycles. The Kier molecular flexibility index (Phi) is 44.8. The third-order valence-corrected chi connectivity index (χ3v) is 10.6. The Bertz CT molecular complexity index is 910. The van der Waals surface area contributed by atoms with Crippen LogP contribution < -0.4 is 0 Å². The van der Waals surface area contributed by atoms with Crippen molar-refractivity contribution in [1.29, 1.82) is 0 Å². The van der Waals surface area contributed by atoms with Crippen molar-refractivity contribution in [2.75, 3.05) is 32.8 Å². The Morgan fingerprint density at radius 1 is 0.400 bits per heavy atom. The van der Waals surface area contributed by atoms with Crippen LogP contribution in [0.15, 0.2) is 36.5 Å². The van der Waals surface area contributed by atoms with Gasteiger partial charge in [0, 0.05) is 19.6 Å². The van der Waals surface area contributed by atoms with Crippen LogP contribution in [0.5, 0.6) is 0 Å². The Hall–Kier alpha value is -1.26. The maximum Gasteiger partial charge on any atom is 0.129 e. The second kappa shape index (κ2) is 45.8. The highest BCUT2D eigenvalue weighted by Gasteiger charge is 2.14. The third kappa shape index (κ3) is 43.4. The van der Waals surface area contributed by atoms with Crippen molar-refractivity contribution < 1.29 is 29.8 Å². The summed E-state index contributed by atoms with van der Waals surface area (Å²) in [6.45, 7) is 6.56. The Labute approximate surface area is 367 Å². The number of hydrogen-bond donors (Lipinski definition) is 3. The first-order valence-corrected chi connectivity index (χ1v) is 24.5. The van der Waals surface area contributed by atoms with Crippen LogP contribution in [0, 0.1) is 15.6 Å². The number of allylic oxidation sites excluding steroid dienone is 3. The van der Waals surface area contributed by atoms with Crippen LogP contribution >= 0.6 is 0 Å². The molecule has 12 heteroatoms. The minimum atomic E-state index is -0.913. The average molecular weight is 855 g/mol. The van der Waals surface area contributed by atoms with Gasteiger partial charge in [-0.1, -0.05) is 154 Å². The molecule has 0 fully saturated rings. The minimum absolute atomic E-state index is 0.168. The van der Waals surface area contributed by atoms with E-state index in [4.69, 9.17) is 14.5 Å². The topological polar surface area (TPSA) is 167 Å². The molecule has 0 aliphatic carbocycles. The molecule has 0 aromatic rings. The van der Waals surface area contributed by atoms with Crippen LogP contribution in [0.3, 0.4) is 0 Å². The largest absolute Gasteiger partial charge is 0.762 e. The van der Waals surface area contributed by atoms with Crippen LogP contribution in [0.1, 0.15) is 213 Å². The van der Waals surface area contributed by atoms with Crippen molar-refractivity contribution in [2.24, 2.45) is 0 Å². The molecule has 0 spiro atoms. The standard InChI is InChI=1S/C48H92N3O9/c1-4-7-34-45(52)37-28-22-16-10-13-19-25-31-40-49(55)58-43-48(60-51(57)42-33-27-21-15-12-18-24-30-39-47(54)36-9-6-3)44-59-50(56)41-32-26-20-14-11-17-23-29-38-46(53)35-8-5-2/h22-24,28-30,45-48,52-54H,4-21,25-27,31-44H2,1-3H3/q-3/b28-22-,29-23-,30-24-. The summed E-state index contributed by atoms with van der Waals surface area (Å²) < 4.78 is 0. The summed E-state index contributed by atoms with van der Waals surface area (Å²) in [5.41, 5.74) is 0. The lowest BCUT2D eigenvalue weighted by molar-refractivity contribution is -0.250. The van der Waals surface area contributed by atoms with Gasteiger partial charge in [0.15, 0.2) is 0 Å². The van der Waals surface area contributed by atoms with E-state index in [-0.39, 0.29) is 51.2 Å². The summed E-state index contributed by atoms with van der Waals surface area (Å²) >= 11 is 0. The number of unbranched alkanes of at least 4 members (excludes halogenated alkanes) is 18. The van der Waals surface area contributed by atoms with E-state index in [1.54, 1.807) is 0 Å². The van der Waals surface area contributed by atoms with Gasteiger partial charge in [-0.15, -0.1) is 0 Å². The van der Waals surface area contributed by atoms with Gasteiger partial charge in [0.2, 0.25) is 0 Å². The molecule has 0 saturated carbocycles. The third-order valence-electron chi connectivity index (χ3n) is 10.6. The number of hydroxylamine groups is 6. The van der Waals surface area contributed by atoms with Gasteiger partial charge in [-0.3, -0.25) is 15.7 Å². The van der Waals surface area contributed by atoms with E-state index in [1.165, 1.54) is 0 Å². The van der Waals surface area contributed by atoms with E-state index in [0.717, 1.165) is 167 Å². The first-order chi connectivity index (χ1) is 29.2. The maximum absolute atomic E-state index is 12.7. The molecule has 0 amide bonds. The van der Waals surface area contributed by atoms with Gasteiger partial charge in [-0.2, -0.15) is 0 Å². The van der Waals surface area contributed by atoms with Gasteiger partial charge in [0.1, 0.15) is 6.10 Å². The van der Waals surface area contributed by atoms with Gasteiger partial charge in [-0.05, 0) is 96.3 Å². The highest BCUT2D eigenvalue weighted by molar-refractivity contribution is 4.85. The Balaban J connectivity index is 4.48. The summed E-state index contributed by atoms with van der Waals surface area (Å²) in [6, 6.07) is 0. The van der Waals surface area contributed by atoms with Crippen LogP contribution in [0.4, 0.5) is 0 Å². The first-order valence-electron chi connectivity index (χ1n) is 24.5. The van der Waals surface area contributed by atoms with E-state index >= 15 is 0 Å². The van der Waals surface area contributed by atoms with E-state index in [9.17, 15) is 30.9 Å². The van der Waals surface area contributed by atoms with Crippen molar-refractivity contribution in [3.63, 3.8) is 0 Å². The fraction of sp³-hybridized carbons (Fsp3) is 0.875. The number of hydrogen-bond acceptors (Lipinski definition) is 12. The number of aliphatic hydroxyl groups excluding tert-OH is 3. The second-order valence-electron chi connectivity index (χ2n) is 16.7. The molecule has 0 aliphatic rings. The van der Waals surface area contributed by atoms with Crippen LogP contribution in [-0.2, 0) is 14.5 Å². The molecule has 0 saturated heterocycles. The van der Waals surface area contributed by atoms with Crippen LogP contribution in [-0.4, -0.2) is 88.3 Å². The van der Waals surface area contributed by atoms with Crippen molar-refractivity contribution in [2.45, 2.75) is 238 Å². The Morgan fingerprint density at radius 2 is 0.700 bits per heavy atom. The Morgan fingerprint density at radius 3 is 1.03 bits per heavy atom. The summed E-state index contributed by atoms with van der Waals surface area (Å²) in [6.07, 6.45) is 39.5. The summed E-state index contributed by atoms with van der Waals surface area (Å²) in [5, 5.41) is 69.0. The van der Waals surface area contributed by atoms with Crippen molar-refractivity contribution in [3.8, 4) is 0 Å². The zero-order valence-corrected chi connectivity index (χ0v) is 38.7. The molecule has 0 bridgehead atoms. The van der Waals surface area contributed by atoms with Crippen molar-refractivity contribution in [1.82, 2.24) is 15.7 Å². The lowest BCUT2D eigenvalue weighted by atomic mass is 10.1. The first kappa shape index (κ1) is 58.7. The normalized spacial score (nSPS) is 14.6. The summed E-state index contributed by atoms with van der Waals surface area (Å²) in [5.74, 6) is 0. The van der Waals surface area contributed by atoms with E-state index in [2.05, 4.69) is 57.2 Å². The predicted molar refractivity (Wildman–Crippen MR) is 248 cm³/mol. The monoisotopic (exact) mass is 855 g/mol. The molecule has 0 aliphatic heterocycles. The molecule has 3 unspecified atom stereocenters. The molecule has 3 N–H and O–H groups in total. The maximum atomic E-state index is 12.7. The second-order valence-corrected chi connectivity index (χ2v) is 16.7. The SMILES string of the molecule is CCCCC(O)C/C=C\CCCCCCCN([O-])OCC(CON([O-])CCCCCCC/C=C\CC(O)CCCC)ON([O-])CCCCCCC/C=C\CC(O)CCCC. The molecular formula is C48H92N3O9-3. The molecule has 60 heavy (non-hydrogen) atoms. The van der Waals surface area contributed by atoms with Gasteiger partial charge in [0.25, 0.3) is 0 Å². The van der Waals surface area contributed by atoms with Gasteiger partial charge in [-0.25, -0.2) is 0 Å². The molecule has 3 atom stereocenters. The highest BCUT2D eigenvalue weighted by Crippen LogP contribution is 2.13. The number of aliphatic hydroxyl groups is 3. The minimum Gasteiger partial charge on any atom is -0.762 e. The molecule has 0 heterocycles. The zero-order chi connectivity index (χ0) is 44.2. The quantitative estimate of drug-likeness (QED) is 0.0301. The molecule has 0 aromatic heterocycles. The van der Waals surface area contributed by atoms with Crippen LogP contribution in [0.2, 0.25) is 0 Å². The van der Waals surface area contributed by atoms with E-state index < -0.39 is 6.10 Å². The fourth-order valence-electron chi connectivity index (χ4n) is 6.68. The molecular weight excluding hydrogens is 763 g/mol. The summed E-state index contributed by atoms with van der Waals surface area (Å²) in [4.78, 5) is 16.3. The molecule has 0 rings (SSSR count). The molecule has 0 radical (unpaired) electrons. The average Bonchev–Trinajstić information content (AvgIpc) is 3.24. The van der Waals surface area contributed by atoms with Gasteiger partial charge < -0.3 is 45.5 Å². The summed E-state index contributed by atoms with van der Waals surface area (Å²) in [7, 11) is 0. The zero-order valence-electron chi connectivity index (χ0n) is 38.7. The van der Waals surface area contributed by atoms with Crippen molar-refractivity contribution in [3.05, 3.63) is 52.1 Å². The predicted octanol–water partition coefficient (Wildman–Crippen LogP) is 12.1.